The topological polar surface area (TPSA) is 57.2 Å². The van der Waals surface area contributed by atoms with Gasteiger partial charge in [0.25, 0.3) is 0 Å². The zero-order chi connectivity index (χ0) is 20.4. The molecule has 0 unspecified atom stereocenters. The van der Waals surface area contributed by atoms with Crippen molar-refractivity contribution in [1.29, 1.82) is 0 Å². The standard InChI is InChI=1S/C24H36O3S.K/c1-3-5-7-9-11-13-20-15-16-21-19-22(28(25,26)27)17-18-24(21)23(20)14-12-10-8-6-4-2;/h15-19H,3-14H2,1-2H3,(H,25,26,27);/q;+1/p-1. The molecule has 0 heterocycles. The van der Waals surface area contributed by atoms with Gasteiger partial charge < -0.3 is 4.55 Å². The summed E-state index contributed by atoms with van der Waals surface area (Å²) in [6.07, 6.45) is 14.6. The number of fused-ring (bicyclic) bond motifs is 1. The van der Waals surface area contributed by atoms with Crippen molar-refractivity contribution in [3.63, 3.8) is 0 Å². The van der Waals surface area contributed by atoms with Crippen molar-refractivity contribution in [3.05, 3.63) is 41.5 Å². The van der Waals surface area contributed by atoms with E-state index in [-0.39, 0.29) is 56.3 Å². The maximum Gasteiger partial charge on any atom is 1.00 e. The van der Waals surface area contributed by atoms with Gasteiger partial charge >= 0.3 is 51.4 Å². The van der Waals surface area contributed by atoms with Crippen molar-refractivity contribution in [2.75, 3.05) is 0 Å². The maximum absolute atomic E-state index is 11.4. The van der Waals surface area contributed by atoms with E-state index >= 15 is 0 Å². The van der Waals surface area contributed by atoms with Crippen LogP contribution in [-0.4, -0.2) is 13.0 Å². The Morgan fingerprint density at radius 2 is 1.34 bits per heavy atom. The van der Waals surface area contributed by atoms with Gasteiger partial charge in [0, 0.05) is 0 Å². The Morgan fingerprint density at radius 3 is 1.93 bits per heavy atom. The van der Waals surface area contributed by atoms with E-state index in [2.05, 4.69) is 19.9 Å². The Labute approximate surface area is 220 Å². The molecule has 0 N–H and O–H groups in total. The Hall–Kier alpha value is 0.246. The van der Waals surface area contributed by atoms with Crippen molar-refractivity contribution in [2.45, 2.75) is 95.8 Å². The molecule has 2 aromatic carbocycles. The number of unbranched alkanes of at least 4 members (excludes halogenated alkanes) is 8. The van der Waals surface area contributed by atoms with E-state index in [0.29, 0.717) is 0 Å². The first-order chi connectivity index (χ1) is 13.5. The van der Waals surface area contributed by atoms with E-state index in [1.54, 1.807) is 0 Å². The molecule has 0 radical (unpaired) electrons. The molecular weight excluding hydrogens is 407 g/mol. The summed E-state index contributed by atoms with van der Waals surface area (Å²) < 4.78 is 34.1. The minimum atomic E-state index is -4.42. The van der Waals surface area contributed by atoms with Crippen LogP contribution in [-0.2, 0) is 23.0 Å². The monoisotopic (exact) mass is 442 g/mol. The predicted molar refractivity (Wildman–Crippen MR) is 117 cm³/mol. The van der Waals surface area contributed by atoms with Gasteiger partial charge in [-0.2, -0.15) is 0 Å². The second kappa shape index (κ2) is 14.3. The summed E-state index contributed by atoms with van der Waals surface area (Å²) in [6.45, 7) is 4.46. The molecule has 2 aromatic rings. The second-order valence-corrected chi connectivity index (χ2v) is 9.25. The predicted octanol–water partition coefficient (Wildman–Crippen LogP) is 3.77. The van der Waals surface area contributed by atoms with Crippen LogP contribution < -0.4 is 51.4 Å². The third-order valence-corrected chi connectivity index (χ3v) is 6.40. The van der Waals surface area contributed by atoms with Crippen LogP contribution in [0, 0.1) is 0 Å². The first-order valence-electron chi connectivity index (χ1n) is 11.0. The minimum absolute atomic E-state index is 0. The van der Waals surface area contributed by atoms with Crippen LogP contribution in [0.15, 0.2) is 35.2 Å². The van der Waals surface area contributed by atoms with E-state index in [1.807, 2.05) is 12.1 Å². The summed E-state index contributed by atoms with van der Waals surface area (Å²) in [7, 11) is -4.42. The van der Waals surface area contributed by atoms with E-state index in [0.717, 1.165) is 30.0 Å². The molecule has 0 amide bonds. The summed E-state index contributed by atoms with van der Waals surface area (Å²) in [5.41, 5.74) is 2.73. The molecule has 0 spiro atoms. The first-order valence-corrected chi connectivity index (χ1v) is 12.4. The zero-order valence-electron chi connectivity index (χ0n) is 18.5. The van der Waals surface area contributed by atoms with Crippen LogP contribution in [0.25, 0.3) is 10.8 Å². The van der Waals surface area contributed by atoms with Gasteiger partial charge in [-0.15, -0.1) is 0 Å². The average molecular weight is 443 g/mol. The molecule has 0 atom stereocenters. The van der Waals surface area contributed by atoms with Gasteiger partial charge in [-0.1, -0.05) is 83.4 Å². The van der Waals surface area contributed by atoms with Crippen LogP contribution >= 0.6 is 0 Å². The molecule has 0 bridgehead atoms. The molecule has 0 aliphatic rings. The fourth-order valence-electron chi connectivity index (χ4n) is 3.93. The SMILES string of the molecule is CCCCCCCc1ccc2cc(S(=O)(=O)[O-])ccc2c1CCCCCCC.[K+]. The summed E-state index contributed by atoms with van der Waals surface area (Å²) in [4.78, 5) is -0.138. The summed E-state index contributed by atoms with van der Waals surface area (Å²) >= 11 is 0. The Balaban J connectivity index is 0.00000420. The molecule has 3 nitrogen and oxygen atoms in total. The smallest absolute Gasteiger partial charge is 0.744 e. The quantitative estimate of drug-likeness (QED) is 0.269. The van der Waals surface area contributed by atoms with Gasteiger partial charge in [0.15, 0.2) is 0 Å². The molecule has 0 aliphatic heterocycles. The van der Waals surface area contributed by atoms with Gasteiger partial charge in [0.1, 0.15) is 10.1 Å². The van der Waals surface area contributed by atoms with Gasteiger partial charge in [-0.25, -0.2) is 8.42 Å². The molecule has 5 heteroatoms. The third kappa shape index (κ3) is 9.10. The van der Waals surface area contributed by atoms with Crippen molar-refractivity contribution >= 4 is 20.9 Å². The van der Waals surface area contributed by atoms with Gasteiger partial charge in [0.2, 0.25) is 0 Å². The number of hydrogen-bond donors (Lipinski definition) is 0. The van der Waals surface area contributed by atoms with Gasteiger partial charge in [-0.3, -0.25) is 0 Å². The minimum Gasteiger partial charge on any atom is -0.744 e. The number of hydrogen-bond acceptors (Lipinski definition) is 3. The summed E-state index contributed by atoms with van der Waals surface area (Å²) in [5, 5.41) is 1.96. The molecule has 2 rings (SSSR count). The number of benzene rings is 2. The van der Waals surface area contributed by atoms with Crippen molar-refractivity contribution < 1.29 is 64.4 Å². The molecule has 0 saturated heterocycles. The molecule has 0 fully saturated rings. The molecule has 0 aromatic heterocycles. The normalized spacial score (nSPS) is 11.6. The maximum atomic E-state index is 11.4. The van der Waals surface area contributed by atoms with Crippen LogP contribution in [0.2, 0.25) is 0 Å². The second-order valence-electron chi connectivity index (χ2n) is 7.87. The largest absolute Gasteiger partial charge is 1.00 e. The fourth-order valence-corrected chi connectivity index (χ4v) is 4.43. The Bertz CT molecular complexity index is 847. The van der Waals surface area contributed by atoms with E-state index in [9.17, 15) is 13.0 Å². The van der Waals surface area contributed by atoms with Crippen LogP contribution in [0.5, 0.6) is 0 Å². The number of aryl methyl sites for hydroxylation is 2. The van der Waals surface area contributed by atoms with E-state index in [1.165, 1.54) is 81.0 Å². The van der Waals surface area contributed by atoms with Crippen LogP contribution in [0.3, 0.4) is 0 Å². The van der Waals surface area contributed by atoms with Crippen molar-refractivity contribution in [1.82, 2.24) is 0 Å². The molecular formula is C24H35KO3S. The Kier molecular flexibility index (Phi) is 13.5. The molecule has 0 aliphatic carbocycles. The number of rotatable bonds is 13. The fraction of sp³-hybridized carbons (Fsp3) is 0.583. The average Bonchev–Trinajstić information content (AvgIpc) is 2.67. The third-order valence-electron chi connectivity index (χ3n) is 5.57. The molecule has 0 saturated carbocycles. The summed E-state index contributed by atoms with van der Waals surface area (Å²) in [6, 6.07) is 8.96. The van der Waals surface area contributed by atoms with Crippen molar-refractivity contribution in [3.8, 4) is 0 Å². The van der Waals surface area contributed by atoms with Gasteiger partial charge in [0.05, 0.1) is 4.90 Å². The van der Waals surface area contributed by atoms with E-state index < -0.39 is 10.1 Å². The zero-order valence-corrected chi connectivity index (χ0v) is 22.4. The van der Waals surface area contributed by atoms with Gasteiger partial charge in [-0.05, 0) is 59.7 Å². The Morgan fingerprint density at radius 1 is 0.759 bits per heavy atom. The first kappa shape index (κ1) is 27.3. The van der Waals surface area contributed by atoms with Crippen molar-refractivity contribution in [2.24, 2.45) is 0 Å². The van der Waals surface area contributed by atoms with Crippen LogP contribution in [0.4, 0.5) is 0 Å². The summed E-state index contributed by atoms with van der Waals surface area (Å²) in [5.74, 6) is 0. The van der Waals surface area contributed by atoms with Crippen LogP contribution in [0.1, 0.15) is 89.2 Å². The molecule has 156 valence electrons. The molecule has 29 heavy (non-hydrogen) atoms. The van der Waals surface area contributed by atoms with E-state index in [4.69, 9.17) is 0 Å².